The zero-order chi connectivity index (χ0) is 18.6. The zero-order valence-corrected chi connectivity index (χ0v) is 16.3. The number of amides is 1. The molecule has 0 unspecified atom stereocenters. The molecular formula is C19H24N4O3S. The summed E-state index contributed by atoms with van der Waals surface area (Å²) in [6.07, 6.45) is 6.12. The molecule has 0 bridgehead atoms. The van der Waals surface area contributed by atoms with Crippen LogP contribution in [0.5, 0.6) is 11.5 Å². The number of nitrogens with zero attached hydrogens (tertiary/aromatic N) is 3. The second kappa shape index (κ2) is 8.21. The van der Waals surface area contributed by atoms with Gasteiger partial charge in [-0.25, -0.2) is 0 Å². The normalized spacial score (nSPS) is 16.9. The molecule has 1 aliphatic heterocycles. The van der Waals surface area contributed by atoms with E-state index >= 15 is 0 Å². The number of carbonyl (C=O) groups excluding carboxylic acids is 1. The van der Waals surface area contributed by atoms with E-state index in [1.54, 1.807) is 6.07 Å². The van der Waals surface area contributed by atoms with E-state index in [9.17, 15) is 4.79 Å². The number of hydrogen-bond acceptors (Lipinski definition) is 6. The van der Waals surface area contributed by atoms with Crippen LogP contribution >= 0.6 is 11.8 Å². The van der Waals surface area contributed by atoms with Crippen LogP contribution in [-0.2, 0) is 4.79 Å². The number of carbonyl (C=O) groups is 1. The maximum absolute atomic E-state index is 12.4. The summed E-state index contributed by atoms with van der Waals surface area (Å²) in [7, 11) is 0. The smallest absolute Gasteiger partial charge is 0.234 e. The monoisotopic (exact) mass is 388 g/mol. The highest BCUT2D eigenvalue weighted by molar-refractivity contribution is 7.99. The van der Waals surface area contributed by atoms with Crippen LogP contribution in [0.25, 0.3) is 0 Å². The van der Waals surface area contributed by atoms with E-state index < -0.39 is 0 Å². The number of aromatic nitrogens is 3. The Morgan fingerprint density at radius 1 is 1.19 bits per heavy atom. The number of hydrogen-bond donors (Lipinski definition) is 1. The van der Waals surface area contributed by atoms with Crippen molar-refractivity contribution >= 4 is 23.4 Å². The third-order valence-corrected chi connectivity index (χ3v) is 5.88. The highest BCUT2D eigenvalue weighted by Crippen LogP contribution is 2.34. The van der Waals surface area contributed by atoms with Crippen molar-refractivity contribution in [3.63, 3.8) is 0 Å². The molecule has 0 saturated heterocycles. The summed E-state index contributed by atoms with van der Waals surface area (Å²) >= 11 is 1.44. The van der Waals surface area contributed by atoms with Crippen LogP contribution in [0.2, 0.25) is 0 Å². The summed E-state index contributed by atoms with van der Waals surface area (Å²) in [6, 6.07) is 5.90. The minimum atomic E-state index is -0.0764. The number of anilines is 1. The Hall–Kier alpha value is -2.22. The predicted octanol–water partition coefficient (Wildman–Crippen LogP) is 3.59. The van der Waals surface area contributed by atoms with Gasteiger partial charge < -0.3 is 19.4 Å². The van der Waals surface area contributed by atoms with Crippen molar-refractivity contribution in [1.82, 2.24) is 14.8 Å². The van der Waals surface area contributed by atoms with Crippen molar-refractivity contribution < 1.29 is 14.3 Å². The molecule has 1 fully saturated rings. The number of aryl methyl sites for hydroxylation is 1. The van der Waals surface area contributed by atoms with Gasteiger partial charge in [0, 0.05) is 17.8 Å². The van der Waals surface area contributed by atoms with Crippen molar-refractivity contribution in [2.24, 2.45) is 0 Å². The molecule has 1 N–H and O–H groups in total. The summed E-state index contributed by atoms with van der Waals surface area (Å²) in [4.78, 5) is 12.4. The molecule has 1 aromatic heterocycles. The van der Waals surface area contributed by atoms with Crippen LogP contribution in [0.1, 0.15) is 44.0 Å². The summed E-state index contributed by atoms with van der Waals surface area (Å²) in [5.41, 5.74) is 0.703. The van der Waals surface area contributed by atoms with Crippen molar-refractivity contribution in [2.75, 3.05) is 24.3 Å². The van der Waals surface area contributed by atoms with Crippen LogP contribution in [0, 0.1) is 6.92 Å². The van der Waals surface area contributed by atoms with E-state index in [1.807, 2.05) is 19.1 Å². The number of fused-ring (bicyclic) bond motifs is 1. The molecular weight excluding hydrogens is 364 g/mol. The second-order valence-corrected chi connectivity index (χ2v) is 7.83. The summed E-state index contributed by atoms with van der Waals surface area (Å²) in [5.74, 6) is 2.52. The summed E-state index contributed by atoms with van der Waals surface area (Å²) in [6.45, 7) is 3.06. The fourth-order valence-electron chi connectivity index (χ4n) is 3.66. The van der Waals surface area contributed by atoms with Crippen LogP contribution in [-0.4, -0.2) is 39.6 Å². The predicted molar refractivity (Wildman–Crippen MR) is 104 cm³/mol. The van der Waals surface area contributed by atoms with E-state index in [1.165, 1.54) is 31.0 Å². The van der Waals surface area contributed by atoms with Crippen LogP contribution < -0.4 is 14.8 Å². The SMILES string of the molecule is Cc1nnc(SCC(=O)Nc2ccc3c(c2)OCCO3)n1C1CCCCC1. The lowest BCUT2D eigenvalue weighted by Gasteiger charge is -2.24. The van der Waals surface area contributed by atoms with Crippen LogP contribution in [0.3, 0.4) is 0 Å². The van der Waals surface area contributed by atoms with Crippen molar-refractivity contribution in [2.45, 2.75) is 50.2 Å². The topological polar surface area (TPSA) is 78.3 Å². The Balaban J connectivity index is 1.37. The van der Waals surface area contributed by atoms with Gasteiger partial charge >= 0.3 is 0 Å². The first-order valence-corrected chi connectivity index (χ1v) is 10.4. The van der Waals surface area contributed by atoms with E-state index in [0.717, 1.165) is 23.8 Å². The fraction of sp³-hybridized carbons (Fsp3) is 0.526. The van der Waals surface area contributed by atoms with E-state index in [-0.39, 0.29) is 5.91 Å². The first-order valence-electron chi connectivity index (χ1n) is 9.44. The van der Waals surface area contributed by atoms with Gasteiger partial charge in [-0.15, -0.1) is 10.2 Å². The Morgan fingerprint density at radius 2 is 1.96 bits per heavy atom. The number of nitrogens with one attached hydrogen (secondary N) is 1. The molecule has 7 nitrogen and oxygen atoms in total. The average Bonchev–Trinajstić information content (AvgIpc) is 3.07. The Bertz CT molecular complexity index is 817. The molecule has 2 aromatic rings. The number of ether oxygens (including phenoxy) is 2. The highest BCUT2D eigenvalue weighted by atomic mass is 32.2. The quantitative estimate of drug-likeness (QED) is 0.789. The molecule has 27 heavy (non-hydrogen) atoms. The van der Waals surface area contributed by atoms with E-state index in [4.69, 9.17) is 9.47 Å². The van der Waals surface area contributed by atoms with Gasteiger partial charge in [0.2, 0.25) is 5.91 Å². The van der Waals surface area contributed by atoms with Gasteiger partial charge in [-0.2, -0.15) is 0 Å². The first kappa shape index (κ1) is 18.2. The minimum Gasteiger partial charge on any atom is -0.486 e. The molecule has 1 aromatic carbocycles. The molecule has 2 aliphatic rings. The van der Waals surface area contributed by atoms with Gasteiger partial charge in [-0.05, 0) is 31.9 Å². The summed E-state index contributed by atoms with van der Waals surface area (Å²) < 4.78 is 13.3. The standard InChI is InChI=1S/C19H24N4O3S/c1-13-21-22-19(23(13)15-5-3-2-4-6-15)27-12-18(24)20-14-7-8-16-17(11-14)26-10-9-25-16/h7-8,11,15H,2-6,9-10,12H2,1H3,(H,20,24). The van der Waals surface area contributed by atoms with Crippen molar-refractivity contribution in [3.05, 3.63) is 24.0 Å². The molecule has 144 valence electrons. The lowest BCUT2D eigenvalue weighted by molar-refractivity contribution is -0.113. The maximum atomic E-state index is 12.4. The molecule has 1 aliphatic carbocycles. The molecule has 4 rings (SSSR count). The Labute approximate surface area is 162 Å². The van der Waals surface area contributed by atoms with Crippen LogP contribution in [0.4, 0.5) is 5.69 Å². The van der Waals surface area contributed by atoms with Gasteiger partial charge in [-0.1, -0.05) is 31.0 Å². The van der Waals surface area contributed by atoms with E-state index in [0.29, 0.717) is 42.2 Å². The molecule has 1 saturated carbocycles. The van der Waals surface area contributed by atoms with Gasteiger partial charge in [0.15, 0.2) is 16.7 Å². The maximum Gasteiger partial charge on any atom is 0.234 e. The summed E-state index contributed by atoms with van der Waals surface area (Å²) in [5, 5.41) is 12.3. The Kier molecular flexibility index (Phi) is 5.52. The van der Waals surface area contributed by atoms with Crippen molar-refractivity contribution in [1.29, 1.82) is 0 Å². The van der Waals surface area contributed by atoms with Gasteiger partial charge in [0.25, 0.3) is 0 Å². The van der Waals surface area contributed by atoms with Gasteiger partial charge in [-0.3, -0.25) is 4.79 Å². The third-order valence-electron chi connectivity index (χ3n) is 4.93. The zero-order valence-electron chi connectivity index (χ0n) is 15.4. The first-order chi connectivity index (χ1) is 13.2. The molecule has 1 amide bonds. The third kappa shape index (κ3) is 4.21. The number of benzene rings is 1. The van der Waals surface area contributed by atoms with Gasteiger partial charge in [0.1, 0.15) is 19.0 Å². The molecule has 0 radical (unpaired) electrons. The van der Waals surface area contributed by atoms with Crippen molar-refractivity contribution in [3.8, 4) is 11.5 Å². The highest BCUT2D eigenvalue weighted by Gasteiger charge is 2.22. The largest absolute Gasteiger partial charge is 0.486 e. The number of thioether (sulfide) groups is 1. The average molecular weight is 388 g/mol. The van der Waals surface area contributed by atoms with Gasteiger partial charge in [0.05, 0.1) is 5.75 Å². The Morgan fingerprint density at radius 3 is 2.78 bits per heavy atom. The molecule has 0 atom stereocenters. The molecule has 8 heteroatoms. The second-order valence-electron chi connectivity index (χ2n) is 6.89. The molecule has 2 heterocycles. The number of rotatable bonds is 5. The minimum absolute atomic E-state index is 0.0764. The molecule has 0 spiro atoms. The van der Waals surface area contributed by atoms with Crippen LogP contribution in [0.15, 0.2) is 23.4 Å². The van der Waals surface area contributed by atoms with E-state index in [2.05, 4.69) is 20.1 Å². The lowest BCUT2D eigenvalue weighted by atomic mass is 9.95. The fourth-order valence-corrected chi connectivity index (χ4v) is 4.51. The lowest BCUT2D eigenvalue weighted by Crippen LogP contribution is -2.18.